The van der Waals surface area contributed by atoms with Gasteiger partial charge in [-0.25, -0.2) is 9.50 Å². The summed E-state index contributed by atoms with van der Waals surface area (Å²) in [5.41, 5.74) is 5.18. The second-order valence-corrected chi connectivity index (χ2v) is 8.16. The number of aromatic amines is 1. The van der Waals surface area contributed by atoms with E-state index in [0.29, 0.717) is 5.65 Å². The monoisotopic (exact) mass is 428 g/mol. The van der Waals surface area contributed by atoms with Crippen LogP contribution in [0.2, 0.25) is 0 Å². The highest BCUT2D eigenvalue weighted by molar-refractivity contribution is 5.79. The normalized spacial score (nSPS) is 12.1. The van der Waals surface area contributed by atoms with Crippen LogP contribution in [0.1, 0.15) is 47.0 Å². The predicted molar refractivity (Wildman–Crippen MR) is 126 cm³/mol. The Labute approximate surface area is 187 Å². The molecule has 2 aromatic carbocycles. The van der Waals surface area contributed by atoms with E-state index in [1.54, 1.807) is 4.52 Å². The van der Waals surface area contributed by atoms with Crippen LogP contribution in [0.4, 0.5) is 0 Å². The van der Waals surface area contributed by atoms with Gasteiger partial charge in [-0.3, -0.25) is 14.7 Å². The summed E-state index contributed by atoms with van der Waals surface area (Å²) in [6, 6.07) is 21.9. The third kappa shape index (κ3) is 4.97. The molecule has 0 fully saturated rings. The summed E-state index contributed by atoms with van der Waals surface area (Å²) in [5, 5.41) is 5.97. The fourth-order valence-corrected chi connectivity index (χ4v) is 4.18. The number of hydrogen-bond acceptors (Lipinski definition) is 3. The second kappa shape index (κ2) is 9.64. The quantitative estimate of drug-likeness (QED) is 0.444. The third-order valence-electron chi connectivity index (χ3n) is 5.88. The van der Waals surface area contributed by atoms with Gasteiger partial charge in [0.05, 0.1) is 12.5 Å². The molecule has 6 nitrogen and oxygen atoms in total. The zero-order chi connectivity index (χ0) is 22.5. The van der Waals surface area contributed by atoms with Crippen molar-refractivity contribution in [2.24, 2.45) is 0 Å². The van der Waals surface area contributed by atoms with Crippen LogP contribution in [0, 0.1) is 13.8 Å². The van der Waals surface area contributed by atoms with Gasteiger partial charge >= 0.3 is 0 Å². The first-order valence-corrected chi connectivity index (χ1v) is 11.0. The van der Waals surface area contributed by atoms with E-state index in [1.165, 1.54) is 11.6 Å². The molecule has 0 aliphatic rings. The molecular weight excluding hydrogens is 400 g/mol. The van der Waals surface area contributed by atoms with Gasteiger partial charge in [0, 0.05) is 23.0 Å². The van der Waals surface area contributed by atoms with E-state index in [-0.39, 0.29) is 23.9 Å². The molecule has 2 heterocycles. The summed E-state index contributed by atoms with van der Waals surface area (Å²) in [6.07, 6.45) is 3.01. The number of H-pyrrole nitrogens is 1. The Hall–Kier alpha value is -3.67. The van der Waals surface area contributed by atoms with Crippen LogP contribution >= 0.6 is 0 Å². The maximum atomic E-state index is 13.1. The van der Waals surface area contributed by atoms with Crippen molar-refractivity contribution in [2.75, 3.05) is 0 Å². The molecule has 1 atom stereocenters. The summed E-state index contributed by atoms with van der Waals surface area (Å²) in [7, 11) is 0. The van der Waals surface area contributed by atoms with Gasteiger partial charge in [-0.2, -0.15) is 0 Å². The summed E-state index contributed by atoms with van der Waals surface area (Å²) in [6.45, 7) is 3.77. The number of rotatable bonds is 8. The number of amides is 1. The highest BCUT2D eigenvalue weighted by atomic mass is 16.1. The lowest BCUT2D eigenvalue weighted by molar-refractivity contribution is -0.121. The molecule has 0 aliphatic heterocycles. The lowest BCUT2D eigenvalue weighted by Gasteiger charge is -2.20. The van der Waals surface area contributed by atoms with Crippen LogP contribution in [0.15, 0.2) is 71.5 Å². The van der Waals surface area contributed by atoms with Gasteiger partial charge in [-0.15, -0.1) is 0 Å². The molecule has 2 aromatic heterocycles. The van der Waals surface area contributed by atoms with Crippen molar-refractivity contribution in [3.63, 3.8) is 0 Å². The Bertz CT molecular complexity index is 1260. The number of carbonyl (C=O) groups is 1. The van der Waals surface area contributed by atoms with Crippen LogP contribution < -0.4 is 10.9 Å². The molecular formula is C26H28N4O2. The third-order valence-corrected chi connectivity index (χ3v) is 5.88. The number of nitrogens with one attached hydrogen (secondary N) is 2. The molecule has 0 radical (unpaired) electrons. The molecule has 164 valence electrons. The zero-order valence-electron chi connectivity index (χ0n) is 18.5. The summed E-state index contributed by atoms with van der Waals surface area (Å²) < 4.78 is 1.65. The largest absolute Gasteiger partial charge is 0.349 e. The first kappa shape index (κ1) is 21.6. The molecule has 0 saturated heterocycles. The van der Waals surface area contributed by atoms with E-state index >= 15 is 0 Å². The minimum absolute atomic E-state index is 0.0552. The van der Waals surface area contributed by atoms with Gasteiger partial charge < -0.3 is 5.32 Å². The topological polar surface area (TPSA) is 79.3 Å². The van der Waals surface area contributed by atoms with E-state index in [9.17, 15) is 9.59 Å². The molecule has 4 aromatic rings. The number of nitrogens with zero attached hydrogens (tertiary/aromatic N) is 2. The molecule has 32 heavy (non-hydrogen) atoms. The molecule has 4 rings (SSSR count). The zero-order valence-corrected chi connectivity index (χ0v) is 18.5. The molecule has 6 heteroatoms. The van der Waals surface area contributed by atoms with Crippen LogP contribution in [0.25, 0.3) is 5.65 Å². The highest BCUT2D eigenvalue weighted by Crippen LogP contribution is 2.21. The van der Waals surface area contributed by atoms with Crippen LogP contribution in [0.5, 0.6) is 0 Å². The van der Waals surface area contributed by atoms with Crippen molar-refractivity contribution in [1.82, 2.24) is 19.9 Å². The number of fused-ring (bicyclic) bond motifs is 1. The number of aromatic nitrogens is 3. The summed E-state index contributed by atoms with van der Waals surface area (Å²) in [5.74, 6) is -0.0552. The summed E-state index contributed by atoms with van der Waals surface area (Å²) >= 11 is 0. The molecule has 0 aliphatic carbocycles. The average molecular weight is 429 g/mol. The van der Waals surface area contributed by atoms with E-state index < -0.39 is 0 Å². The Morgan fingerprint density at radius 3 is 2.47 bits per heavy atom. The van der Waals surface area contributed by atoms with Gasteiger partial charge in [-0.1, -0.05) is 60.7 Å². The van der Waals surface area contributed by atoms with Gasteiger partial charge in [0.15, 0.2) is 5.65 Å². The van der Waals surface area contributed by atoms with E-state index in [4.69, 9.17) is 0 Å². The maximum Gasteiger partial charge on any atom is 0.266 e. The van der Waals surface area contributed by atoms with Crippen LogP contribution in [0.3, 0.4) is 0 Å². The van der Waals surface area contributed by atoms with Crippen molar-refractivity contribution < 1.29 is 4.79 Å². The molecule has 1 unspecified atom stereocenters. The van der Waals surface area contributed by atoms with Crippen molar-refractivity contribution in [1.29, 1.82) is 0 Å². The lowest BCUT2D eigenvalue weighted by atomic mass is 9.98. The summed E-state index contributed by atoms with van der Waals surface area (Å²) in [4.78, 5) is 29.2. The van der Waals surface area contributed by atoms with Gasteiger partial charge in [-0.05, 0) is 44.2 Å². The number of hydrogen-bond donors (Lipinski definition) is 2. The van der Waals surface area contributed by atoms with Gasteiger partial charge in [0.25, 0.3) is 5.56 Å². The molecule has 1 amide bonds. The van der Waals surface area contributed by atoms with Crippen molar-refractivity contribution in [3.8, 4) is 0 Å². The molecule has 0 saturated carbocycles. The lowest BCUT2D eigenvalue weighted by Crippen LogP contribution is -2.30. The van der Waals surface area contributed by atoms with Gasteiger partial charge in [0.2, 0.25) is 5.91 Å². The standard InChI is InChI=1S/C26H28N4O2/c1-18-22(19(2)30-24(27-18)17-26(32)29-30)16-25(31)28-23(21-13-7-4-8-14-21)15-9-12-20-10-5-3-6-11-20/h3-8,10-11,13-14,17,23H,9,12,15-16H2,1-2H3,(H,28,31)(H,29,32). The minimum atomic E-state index is -0.204. The van der Waals surface area contributed by atoms with E-state index in [1.807, 2.05) is 38.1 Å². The van der Waals surface area contributed by atoms with E-state index in [2.05, 4.69) is 51.8 Å². The minimum Gasteiger partial charge on any atom is -0.349 e. The predicted octanol–water partition coefficient (Wildman–Crippen LogP) is 4.06. The SMILES string of the molecule is Cc1nc2cc(=O)[nH]n2c(C)c1CC(=O)NC(CCCc1ccccc1)c1ccccc1. The van der Waals surface area contributed by atoms with Crippen LogP contribution in [-0.2, 0) is 17.6 Å². The number of aryl methyl sites for hydroxylation is 3. The molecule has 0 spiro atoms. The highest BCUT2D eigenvalue weighted by Gasteiger charge is 2.18. The first-order valence-electron chi connectivity index (χ1n) is 11.0. The fourth-order valence-electron chi connectivity index (χ4n) is 4.18. The maximum absolute atomic E-state index is 13.1. The van der Waals surface area contributed by atoms with Crippen molar-refractivity contribution in [2.45, 2.75) is 45.6 Å². The van der Waals surface area contributed by atoms with Crippen molar-refractivity contribution in [3.05, 3.63) is 105 Å². The Kier molecular flexibility index (Phi) is 6.50. The Balaban J connectivity index is 1.48. The van der Waals surface area contributed by atoms with Gasteiger partial charge in [0.1, 0.15) is 0 Å². The smallest absolute Gasteiger partial charge is 0.266 e. The molecule has 0 bridgehead atoms. The first-order chi connectivity index (χ1) is 15.5. The fraction of sp³-hybridized carbons (Fsp3) is 0.269. The Morgan fingerprint density at radius 1 is 1.06 bits per heavy atom. The Morgan fingerprint density at radius 2 is 1.75 bits per heavy atom. The second-order valence-electron chi connectivity index (χ2n) is 8.16. The number of carbonyl (C=O) groups excluding carboxylic acids is 1. The average Bonchev–Trinajstić information content (AvgIpc) is 3.17. The van der Waals surface area contributed by atoms with Crippen molar-refractivity contribution >= 4 is 11.6 Å². The molecule has 2 N–H and O–H groups in total. The number of benzene rings is 2. The van der Waals surface area contributed by atoms with E-state index in [0.717, 1.165) is 41.8 Å². The van der Waals surface area contributed by atoms with Crippen LogP contribution in [-0.4, -0.2) is 20.5 Å².